The third-order valence-electron chi connectivity index (χ3n) is 5.67. The highest BCUT2D eigenvalue weighted by atomic mass is 15.6. The van der Waals surface area contributed by atoms with Gasteiger partial charge in [0.1, 0.15) is 11.4 Å². The zero-order valence-electron chi connectivity index (χ0n) is 16.1. The van der Waals surface area contributed by atoms with Gasteiger partial charge in [-0.05, 0) is 27.1 Å². The van der Waals surface area contributed by atoms with Crippen LogP contribution >= 0.6 is 0 Å². The number of benzene rings is 3. The van der Waals surface area contributed by atoms with E-state index in [1.807, 2.05) is 22.9 Å². The van der Waals surface area contributed by atoms with Gasteiger partial charge in [-0.2, -0.15) is 0 Å². The van der Waals surface area contributed by atoms with Gasteiger partial charge in [0.25, 0.3) is 0 Å². The summed E-state index contributed by atoms with van der Waals surface area (Å²) in [7, 11) is 0. The van der Waals surface area contributed by atoms with Crippen molar-refractivity contribution in [2.45, 2.75) is 24.4 Å². The normalized spacial score (nSPS) is 16.8. The summed E-state index contributed by atoms with van der Waals surface area (Å²) in [6.45, 7) is 0.868. The molecular formula is C24H22N5-. The van der Waals surface area contributed by atoms with Crippen molar-refractivity contribution >= 4 is 0 Å². The second-order valence-electron chi connectivity index (χ2n) is 7.32. The van der Waals surface area contributed by atoms with Crippen molar-refractivity contribution in [3.63, 3.8) is 0 Å². The van der Waals surface area contributed by atoms with Gasteiger partial charge in [-0.15, -0.1) is 11.6 Å². The quantitative estimate of drug-likeness (QED) is 0.471. The molecule has 0 N–H and O–H groups in total. The van der Waals surface area contributed by atoms with Gasteiger partial charge in [-0.3, -0.25) is 0 Å². The zero-order valence-corrected chi connectivity index (χ0v) is 16.1. The van der Waals surface area contributed by atoms with Crippen LogP contribution < -0.4 is 0 Å². The minimum atomic E-state index is -0.680. The number of aromatic nitrogens is 4. The molecular weight excluding hydrogens is 358 g/mol. The largest absolute Gasteiger partial charge is 0.653 e. The lowest BCUT2D eigenvalue weighted by Gasteiger charge is -2.38. The average molecular weight is 380 g/mol. The molecule has 0 amide bonds. The van der Waals surface area contributed by atoms with Crippen LogP contribution in [0.5, 0.6) is 0 Å². The summed E-state index contributed by atoms with van der Waals surface area (Å²) in [6, 6.07) is 31.5. The summed E-state index contributed by atoms with van der Waals surface area (Å²) in [6.07, 6.45) is 2.06. The maximum atomic E-state index is 4.77. The molecule has 0 spiro atoms. The van der Waals surface area contributed by atoms with Gasteiger partial charge < -0.3 is 5.32 Å². The third-order valence-corrected chi connectivity index (χ3v) is 5.67. The summed E-state index contributed by atoms with van der Waals surface area (Å²) in [4.78, 5) is 0. The Hall–Kier alpha value is -3.31. The molecule has 0 radical (unpaired) electrons. The smallest absolute Gasteiger partial charge is 0.141 e. The summed E-state index contributed by atoms with van der Waals surface area (Å²) < 4.78 is 1.99. The molecule has 1 unspecified atom stereocenters. The summed E-state index contributed by atoms with van der Waals surface area (Å²) in [5, 5.41) is 17.9. The van der Waals surface area contributed by atoms with Crippen molar-refractivity contribution in [3.05, 3.63) is 119 Å². The van der Waals surface area contributed by atoms with Gasteiger partial charge in [-0.25, -0.2) is 4.68 Å². The molecule has 1 atom stereocenters. The lowest BCUT2D eigenvalue weighted by molar-refractivity contribution is 0.422. The van der Waals surface area contributed by atoms with E-state index < -0.39 is 5.54 Å². The lowest BCUT2D eigenvalue weighted by atomic mass is 9.77. The molecule has 5 nitrogen and oxygen atoms in total. The Labute approximate surface area is 170 Å². The number of hydrogen-bond acceptors (Lipinski definition) is 3. The van der Waals surface area contributed by atoms with Crippen molar-refractivity contribution < 1.29 is 0 Å². The van der Waals surface area contributed by atoms with Gasteiger partial charge in [-0.1, -0.05) is 110 Å². The molecule has 1 fully saturated rings. The highest BCUT2D eigenvalue weighted by Crippen LogP contribution is 2.43. The molecule has 1 saturated heterocycles. The molecule has 29 heavy (non-hydrogen) atoms. The van der Waals surface area contributed by atoms with Crippen LogP contribution in [0.4, 0.5) is 0 Å². The molecule has 1 aromatic heterocycles. The van der Waals surface area contributed by atoms with Crippen molar-refractivity contribution in [2.75, 3.05) is 6.54 Å². The molecule has 5 heteroatoms. The predicted octanol–water partition coefficient (Wildman–Crippen LogP) is 4.72. The molecule has 1 aliphatic rings. The van der Waals surface area contributed by atoms with E-state index in [-0.39, 0.29) is 6.04 Å². The fourth-order valence-electron chi connectivity index (χ4n) is 4.38. The van der Waals surface area contributed by atoms with Crippen LogP contribution in [0.15, 0.2) is 91.0 Å². The molecule has 0 aliphatic carbocycles. The van der Waals surface area contributed by atoms with E-state index in [0.717, 1.165) is 41.9 Å². The van der Waals surface area contributed by atoms with E-state index in [1.54, 1.807) is 0 Å². The lowest BCUT2D eigenvalue weighted by Crippen LogP contribution is -2.40. The van der Waals surface area contributed by atoms with E-state index in [2.05, 4.69) is 88.3 Å². The summed E-state index contributed by atoms with van der Waals surface area (Å²) in [5.74, 6) is 0.819. The first-order valence-electron chi connectivity index (χ1n) is 10.0. The Bertz CT molecular complexity index is 957. The maximum Gasteiger partial charge on any atom is 0.141 e. The molecule has 1 aliphatic heterocycles. The highest BCUT2D eigenvalue weighted by molar-refractivity contribution is 5.50. The molecule has 5 rings (SSSR count). The average Bonchev–Trinajstić information content (AvgIpc) is 3.49. The summed E-state index contributed by atoms with van der Waals surface area (Å²) >= 11 is 0. The van der Waals surface area contributed by atoms with Crippen LogP contribution in [0.25, 0.3) is 5.32 Å². The second kappa shape index (κ2) is 7.60. The zero-order chi connectivity index (χ0) is 19.5. The van der Waals surface area contributed by atoms with Crippen LogP contribution in [0.2, 0.25) is 0 Å². The SMILES string of the molecule is c1ccc(C(c2ccccc2)(c2ccccc2)n2nnnc2C2CCC[N-]2)cc1. The first-order chi connectivity index (χ1) is 14.4. The van der Waals surface area contributed by atoms with E-state index in [1.165, 1.54) is 0 Å². The number of hydrogen-bond donors (Lipinski definition) is 0. The first kappa shape index (κ1) is 17.8. The second-order valence-corrected chi connectivity index (χ2v) is 7.32. The van der Waals surface area contributed by atoms with Gasteiger partial charge in [0.2, 0.25) is 0 Å². The first-order valence-corrected chi connectivity index (χ1v) is 10.0. The minimum Gasteiger partial charge on any atom is -0.653 e. The molecule has 4 aromatic rings. The molecule has 0 saturated carbocycles. The van der Waals surface area contributed by atoms with Crippen LogP contribution in [-0.4, -0.2) is 26.8 Å². The van der Waals surface area contributed by atoms with Crippen LogP contribution in [-0.2, 0) is 5.54 Å². The van der Waals surface area contributed by atoms with Gasteiger partial charge in [0.05, 0.1) is 0 Å². The fraction of sp³-hybridized carbons (Fsp3) is 0.208. The van der Waals surface area contributed by atoms with Gasteiger partial charge >= 0.3 is 0 Å². The van der Waals surface area contributed by atoms with Gasteiger partial charge in [0.15, 0.2) is 0 Å². The monoisotopic (exact) mass is 380 g/mol. The Morgan fingerprint density at radius 1 is 0.759 bits per heavy atom. The molecule has 144 valence electrons. The Kier molecular flexibility index (Phi) is 4.66. The number of tetrazole rings is 1. The Morgan fingerprint density at radius 3 is 1.72 bits per heavy atom. The van der Waals surface area contributed by atoms with E-state index in [9.17, 15) is 0 Å². The minimum absolute atomic E-state index is 0.0283. The van der Waals surface area contributed by atoms with Crippen molar-refractivity contribution in [2.24, 2.45) is 0 Å². The van der Waals surface area contributed by atoms with Crippen molar-refractivity contribution in [3.8, 4) is 0 Å². The third kappa shape index (κ3) is 2.95. The van der Waals surface area contributed by atoms with E-state index in [4.69, 9.17) is 5.32 Å². The van der Waals surface area contributed by atoms with Crippen LogP contribution in [0, 0.1) is 0 Å². The topological polar surface area (TPSA) is 57.7 Å². The highest BCUT2D eigenvalue weighted by Gasteiger charge is 2.41. The van der Waals surface area contributed by atoms with E-state index in [0.29, 0.717) is 0 Å². The Balaban J connectivity index is 1.86. The Morgan fingerprint density at radius 2 is 1.28 bits per heavy atom. The van der Waals surface area contributed by atoms with Crippen molar-refractivity contribution in [1.82, 2.24) is 20.2 Å². The maximum absolute atomic E-state index is 4.77. The molecule has 0 bridgehead atoms. The van der Waals surface area contributed by atoms with Crippen molar-refractivity contribution in [1.29, 1.82) is 0 Å². The van der Waals surface area contributed by atoms with Gasteiger partial charge in [0, 0.05) is 0 Å². The van der Waals surface area contributed by atoms with Crippen LogP contribution in [0.3, 0.4) is 0 Å². The number of rotatable bonds is 5. The molecule has 2 heterocycles. The predicted molar refractivity (Wildman–Crippen MR) is 113 cm³/mol. The molecule has 3 aromatic carbocycles. The van der Waals surface area contributed by atoms with Crippen LogP contribution in [0.1, 0.15) is 41.4 Å². The fourth-order valence-corrected chi connectivity index (χ4v) is 4.38. The standard InChI is InChI=1S/C24H22N5/c1-4-11-19(12-5-1)24(20-13-6-2-7-14-20,21-15-8-3-9-16-21)29-23(26-27-28-29)22-17-10-18-25-22/h1-9,11-16,22H,10,17-18H2/q-1. The van der Waals surface area contributed by atoms with E-state index >= 15 is 0 Å². The summed E-state index contributed by atoms with van der Waals surface area (Å²) in [5.41, 5.74) is 2.66. The number of nitrogens with zero attached hydrogens (tertiary/aromatic N) is 5.